The van der Waals surface area contributed by atoms with Gasteiger partial charge in [0, 0.05) is 6.42 Å². The van der Waals surface area contributed by atoms with Crippen LogP contribution >= 0.6 is 0 Å². The van der Waals surface area contributed by atoms with Gasteiger partial charge in [-0.3, -0.25) is 4.79 Å². The van der Waals surface area contributed by atoms with Gasteiger partial charge < -0.3 is 0 Å². The average molecular weight is 286 g/mol. The fourth-order valence-corrected chi connectivity index (χ4v) is 6.82. The van der Waals surface area contributed by atoms with Crippen molar-refractivity contribution in [3.05, 3.63) is 11.6 Å². The molecule has 0 spiro atoms. The molecule has 6 atom stereocenters. The Morgan fingerprint density at radius 3 is 2.62 bits per heavy atom. The van der Waals surface area contributed by atoms with Gasteiger partial charge in [-0.15, -0.1) is 0 Å². The lowest BCUT2D eigenvalue weighted by Crippen LogP contribution is -2.50. The van der Waals surface area contributed by atoms with Crippen molar-refractivity contribution < 1.29 is 4.79 Å². The summed E-state index contributed by atoms with van der Waals surface area (Å²) in [4.78, 5) is 11.8. The maximum absolute atomic E-state index is 11.8. The minimum Gasteiger partial charge on any atom is -0.295 e. The van der Waals surface area contributed by atoms with Crippen LogP contribution in [0.15, 0.2) is 11.6 Å². The number of rotatable bonds is 0. The van der Waals surface area contributed by atoms with Crippen LogP contribution in [-0.2, 0) is 4.79 Å². The average Bonchev–Trinajstić information content (AvgIpc) is 2.76. The van der Waals surface area contributed by atoms with E-state index in [1.165, 1.54) is 44.1 Å². The molecule has 0 bridgehead atoms. The fourth-order valence-electron chi connectivity index (χ4n) is 6.82. The third-order valence-electron chi connectivity index (χ3n) is 8.44. The lowest BCUT2D eigenvalue weighted by molar-refractivity contribution is -0.117. The van der Waals surface area contributed by atoms with Crippen LogP contribution in [0.5, 0.6) is 0 Å². The van der Waals surface area contributed by atoms with Gasteiger partial charge in [0.15, 0.2) is 5.78 Å². The number of allylic oxidation sites excluding steroid dienone is 1. The second-order valence-corrected chi connectivity index (χ2v) is 8.99. The maximum Gasteiger partial charge on any atom is 0.155 e. The molecule has 4 rings (SSSR count). The summed E-state index contributed by atoms with van der Waals surface area (Å²) in [5.74, 6) is 4.05. The number of fused-ring (bicyclic) bond motifs is 5. The first-order valence-corrected chi connectivity index (χ1v) is 9.19. The van der Waals surface area contributed by atoms with Gasteiger partial charge in [0.1, 0.15) is 0 Å². The summed E-state index contributed by atoms with van der Waals surface area (Å²) in [6.07, 6.45) is 12.2. The molecule has 0 heterocycles. The molecule has 0 radical (unpaired) electrons. The molecule has 3 saturated carbocycles. The van der Waals surface area contributed by atoms with Crippen LogP contribution in [0.25, 0.3) is 0 Å². The number of hydrogen-bond acceptors (Lipinski definition) is 1. The van der Waals surface area contributed by atoms with E-state index >= 15 is 0 Å². The quantitative estimate of drug-likeness (QED) is 0.601. The molecule has 5 unspecified atom stereocenters. The van der Waals surface area contributed by atoms with Crippen molar-refractivity contribution in [2.24, 2.45) is 34.5 Å². The van der Waals surface area contributed by atoms with Gasteiger partial charge in [0.2, 0.25) is 0 Å². The molecule has 0 aromatic rings. The highest BCUT2D eigenvalue weighted by Crippen LogP contribution is 2.66. The molecule has 0 aromatic heterocycles. The molecule has 3 fully saturated rings. The third-order valence-corrected chi connectivity index (χ3v) is 8.44. The molecule has 4 aliphatic carbocycles. The maximum atomic E-state index is 11.8. The van der Waals surface area contributed by atoms with E-state index in [0.29, 0.717) is 16.6 Å². The van der Waals surface area contributed by atoms with Gasteiger partial charge >= 0.3 is 0 Å². The summed E-state index contributed by atoms with van der Waals surface area (Å²) >= 11 is 0. The van der Waals surface area contributed by atoms with Gasteiger partial charge in [-0.25, -0.2) is 0 Å². The van der Waals surface area contributed by atoms with Gasteiger partial charge in [0.05, 0.1) is 0 Å². The molecule has 21 heavy (non-hydrogen) atoms. The van der Waals surface area contributed by atoms with Crippen LogP contribution < -0.4 is 0 Å². The molecule has 0 saturated heterocycles. The Morgan fingerprint density at radius 2 is 1.81 bits per heavy atom. The van der Waals surface area contributed by atoms with E-state index in [9.17, 15) is 4.79 Å². The van der Waals surface area contributed by atoms with Crippen LogP contribution in [0.1, 0.15) is 72.1 Å². The zero-order valence-corrected chi connectivity index (χ0v) is 14.0. The van der Waals surface area contributed by atoms with Crippen molar-refractivity contribution in [2.45, 2.75) is 72.1 Å². The fraction of sp³-hybridized carbons (Fsp3) is 0.850. The number of carbonyl (C=O) groups excluding carboxylic acids is 1. The Morgan fingerprint density at radius 1 is 1.00 bits per heavy atom. The molecule has 116 valence electrons. The first-order chi connectivity index (χ1) is 9.95. The molecular formula is C20H30O. The van der Waals surface area contributed by atoms with Crippen LogP contribution in [0.2, 0.25) is 0 Å². The van der Waals surface area contributed by atoms with Crippen LogP contribution in [-0.4, -0.2) is 5.78 Å². The Kier molecular flexibility index (Phi) is 2.98. The van der Waals surface area contributed by atoms with Crippen molar-refractivity contribution in [3.8, 4) is 0 Å². The van der Waals surface area contributed by atoms with E-state index in [1.54, 1.807) is 0 Å². The lowest BCUT2D eigenvalue weighted by atomic mass is 9.47. The minimum atomic E-state index is 0.351. The SMILES string of the molecule is CC1CCC2C3CCC4=CC(=O)CCC4(C)[C@H]3CCC12C. The van der Waals surface area contributed by atoms with E-state index in [2.05, 4.69) is 20.8 Å². The Hall–Kier alpha value is -0.590. The zero-order valence-electron chi connectivity index (χ0n) is 14.0. The largest absolute Gasteiger partial charge is 0.295 e. The Labute approximate surface area is 129 Å². The summed E-state index contributed by atoms with van der Waals surface area (Å²) in [6.45, 7) is 7.57. The smallest absolute Gasteiger partial charge is 0.155 e. The molecular weight excluding hydrogens is 256 g/mol. The minimum absolute atomic E-state index is 0.351. The van der Waals surface area contributed by atoms with Crippen molar-refractivity contribution in [3.63, 3.8) is 0 Å². The van der Waals surface area contributed by atoms with Crippen molar-refractivity contribution in [2.75, 3.05) is 0 Å². The van der Waals surface area contributed by atoms with Gasteiger partial charge in [-0.2, -0.15) is 0 Å². The number of ketones is 1. The summed E-state index contributed by atoms with van der Waals surface area (Å²) in [7, 11) is 0. The molecule has 4 aliphatic rings. The highest BCUT2D eigenvalue weighted by Gasteiger charge is 2.57. The van der Waals surface area contributed by atoms with E-state index < -0.39 is 0 Å². The Bertz CT molecular complexity index is 504. The first-order valence-electron chi connectivity index (χ1n) is 9.19. The second-order valence-electron chi connectivity index (χ2n) is 8.99. The molecule has 0 amide bonds. The highest BCUT2D eigenvalue weighted by atomic mass is 16.1. The lowest BCUT2D eigenvalue weighted by Gasteiger charge is -2.58. The first kappa shape index (κ1) is 14.0. The van der Waals surface area contributed by atoms with E-state index in [-0.39, 0.29) is 0 Å². The summed E-state index contributed by atoms with van der Waals surface area (Å²) in [5.41, 5.74) is 2.47. The Balaban J connectivity index is 1.69. The van der Waals surface area contributed by atoms with Crippen molar-refractivity contribution >= 4 is 5.78 Å². The predicted molar refractivity (Wildman–Crippen MR) is 85.9 cm³/mol. The second kappa shape index (κ2) is 4.46. The summed E-state index contributed by atoms with van der Waals surface area (Å²) < 4.78 is 0. The molecule has 0 aromatic carbocycles. The van der Waals surface area contributed by atoms with Crippen LogP contribution in [0.4, 0.5) is 0 Å². The highest BCUT2D eigenvalue weighted by molar-refractivity contribution is 5.91. The summed E-state index contributed by atoms with van der Waals surface area (Å²) in [5, 5.41) is 0. The van der Waals surface area contributed by atoms with Crippen molar-refractivity contribution in [1.82, 2.24) is 0 Å². The monoisotopic (exact) mass is 286 g/mol. The summed E-state index contributed by atoms with van der Waals surface area (Å²) in [6, 6.07) is 0. The molecule has 0 aliphatic heterocycles. The van der Waals surface area contributed by atoms with E-state index in [0.717, 1.165) is 36.5 Å². The third kappa shape index (κ3) is 1.79. The number of hydrogen-bond donors (Lipinski definition) is 0. The normalized spacial score (nSPS) is 52.7. The van der Waals surface area contributed by atoms with Crippen LogP contribution in [0.3, 0.4) is 0 Å². The van der Waals surface area contributed by atoms with Gasteiger partial charge in [-0.1, -0.05) is 26.3 Å². The number of carbonyl (C=O) groups is 1. The molecule has 1 heteroatoms. The van der Waals surface area contributed by atoms with E-state index in [4.69, 9.17) is 0 Å². The molecule has 0 N–H and O–H groups in total. The van der Waals surface area contributed by atoms with Crippen molar-refractivity contribution in [1.29, 1.82) is 0 Å². The topological polar surface area (TPSA) is 17.1 Å². The zero-order chi connectivity index (χ0) is 14.8. The van der Waals surface area contributed by atoms with Crippen LogP contribution in [0, 0.1) is 34.5 Å². The molecule has 1 nitrogen and oxygen atoms in total. The van der Waals surface area contributed by atoms with Gasteiger partial charge in [0.25, 0.3) is 0 Å². The predicted octanol–water partition coefficient (Wildman–Crippen LogP) is 5.15. The van der Waals surface area contributed by atoms with E-state index in [1.807, 2.05) is 6.08 Å². The standard InChI is InChI=1S/C20H30O/c1-13-4-7-17-16-6-5-14-12-15(21)8-10-20(14,3)18(16)9-11-19(13,17)2/h12-13,16-18H,4-11H2,1-3H3/t13?,16?,17?,18-,19?,20?/m0/s1. The van der Waals surface area contributed by atoms with Gasteiger partial charge in [-0.05, 0) is 85.5 Å².